The third kappa shape index (κ3) is 2.82. The zero-order valence-corrected chi connectivity index (χ0v) is 10.4. The summed E-state index contributed by atoms with van der Waals surface area (Å²) in [5.74, 6) is 0.344. The van der Waals surface area contributed by atoms with Crippen molar-refractivity contribution in [3.63, 3.8) is 0 Å². The highest BCUT2D eigenvalue weighted by Gasteiger charge is 2.26. The lowest BCUT2D eigenvalue weighted by Gasteiger charge is -2.22. The van der Waals surface area contributed by atoms with Crippen molar-refractivity contribution in [1.29, 1.82) is 0 Å². The third-order valence-electron chi connectivity index (χ3n) is 2.84. The Balaban J connectivity index is 2.01. The molecular weight excluding hydrogens is 232 g/mol. The second kappa shape index (κ2) is 5.12. The number of amides is 2. The van der Waals surface area contributed by atoms with Crippen molar-refractivity contribution in [2.24, 2.45) is 0 Å². The molecule has 6 nitrogen and oxygen atoms in total. The molecular formula is C12H16N4O2. The molecule has 0 saturated carbocycles. The normalized spacial score (nSPS) is 19.8. The Kier molecular flexibility index (Phi) is 3.55. The summed E-state index contributed by atoms with van der Waals surface area (Å²) in [5.41, 5.74) is 0.906. The number of aromatic nitrogens is 2. The van der Waals surface area contributed by atoms with E-state index in [1.54, 1.807) is 6.07 Å². The first-order valence-corrected chi connectivity index (χ1v) is 6.00. The Morgan fingerprint density at radius 1 is 1.33 bits per heavy atom. The number of carbonyl (C=O) groups is 2. The van der Waals surface area contributed by atoms with Crippen LogP contribution in [0, 0.1) is 0 Å². The molecule has 0 aliphatic carbocycles. The van der Waals surface area contributed by atoms with Gasteiger partial charge in [-0.05, 0) is 24.5 Å². The second-order valence-corrected chi connectivity index (χ2v) is 4.65. The molecule has 0 spiro atoms. The number of carbonyl (C=O) groups excluding carboxylic acids is 2. The molecule has 1 aromatic heterocycles. The van der Waals surface area contributed by atoms with E-state index in [-0.39, 0.29) is 11.8 Å². The van der Waals surface area contributed by atoms with E-state index >= 15 is 0 Å². The van der Waals surface area contributed by atoms with Gasteiger partial charge < -0.3 is 5.32 Å². The summed E-state index contributed by atoms with van der Waals surface area (Å²) in [6.07, 6.45) is 0.833. The maximum Gasteiger partial charge on any atom is 0.249 e. The van der Waals surface area contributed by atoms with Gasteiger partial charge in [0.15, 0.2) is 0 Å². The van der Waals surface area contributed by atoms with Gasteiger partial charge in [-0.1, -0.05) is 13.8 Å². The number of piperidine rings is 1. The van der Waals surface area contributed by atoms with Crippen molar-refractivity contribution >= 4 is 17.6 Å². The first-order chi connectivity index (χ1) is 8.56. The highest BCUT2D eigenvalue weighted by atomic mass is 16.2. The fourth-order valence-electron chi connectivity index (χ4n) is 1.74. The Morgan fingerprint density at radius 2 is 2.11 bits per heavy atom. The second-order valence-electron chi connectivity index (χ2n) is 4.65. The van der Waals surface area contributed by atoms with E-state index in [1.807, 2.05) is 19.9 Å². The van der Waals surface area contributed by atoms with Crippen LogP contribution in [0.25, 0.3) is 0 Å². The van der Waals surface area contributed by atoms with E-state index in [0.717, 1.165) is 5.69 Å². The summed E-state index contributed by atoms with van der Waals surface area (Å²) in [6.45, 7) is 4.08. The number of nitrogens with one attached hydrogen (secondary N) is 2. The summed E-state index contributed by atoms with van der Waals surface area (Å²) in [7, 11) is 0. The highest BCUT2D eigenvalue weighted by molar-refractivity contribution is 6.01. The van der Waals surface area contributed by atoms with Gasteiger partial charge in [-0.25, -0.2) is 0 Å². The van der Waals surface area contributed by atoms with Crippen LogP contribution in [-0.2, 0) is 9.59 Å². The number of hydrogen-bond acceptors (Lipinski definition) is 5. The molecule has 96 valence electrons. The van der Waals surface area contributed by atoms with Crippen molar-refractivity contribution in [2.75, 3.05) is 5.32 Å². The summed E-state index contributed by atoms with van der Waals surface area (Å²) < 4.78 is 0. The van der Waals surface area contributed by atoms with Crippen molar-refractivity contribution < 1.29 is 9.59 Å². The minimum atomic E-state index is -0.415. The lowest BCUT2D eigenvalue weighted by molar-refractivity contribution is -0.133. The molecule has 6 heteroatoms. The van der Waals surface area contributed by atoms with Gasteiger partial charge in [0.25, 0.3) is 0 Å². The largest absolute Gasteiger partial charge is 0.357 e. The number of anilines is 1. The van der Waals surface area contributed by atoms with Gasteiger partial charge in [-0.15, -0.1) is 5.10 Å². The Labute approximate surface area is 105 Å². The molecule has 0 bridgehead atoms. The maximum atomic E-state index is 11.5. The Morgan fingerprint density at radius 3 is 2.67 bits per heavy atom. The highest BCUT2D eigenvalue weighted by Crippen LogP contribution is 2.14. The van der Waals surface area contributed by atoms with E-state index in [2.05, 4.69) is 20.8 Å². The Bertz CT molecular complexity index is 456. The van der Waals surface area contributed by atoms with Crippen LogP contribution in [0.2, 0.25) is 0 Å². The van der Waals surface area contributed by atoms with Gasteiger partial charge in [-0.2, -0.15) is 5.10 Å². The van der Waals surface area contributed by atoms with Crippen LogP contribution in [0.5, 0.6) is 0 Å². The van der Waals surface area contributed by atoms with Crippen molar-refractivity contribution in [1.82, 2.24) is 15.5 Å². The SMILES string of the molecule is CC(C)c1ccc(NC2CCC(=O)NC2=O)nn1. The molecule has 0 aromatic carbocycles. The first-order valence-electron chi connectivity index (χ1n) is 6.00. The first kappa shape index (κ1) is 12.5. The number of nitrogens with zero attached hydrogens (tertiary/aromatic N) is 2. The van der Waals surface area contributed by atoms with Crippen LogP contribution in [0.3, 0.4) is 0 Å². The molecule has 1 aromatic rings. The van der Waals surface area contributed by atoms with Crippen LogP contribution < -0.4 is 10.6 Å². The van der Waals surface area contributed by atoms with Crippen molar-refractivity contribution in [2.45, 2.75) is 38.6 Å². The molecule has 1 unspecified atom stereocenters. The van der Waals surface area contributed by atoms with Gasteiger partial charge in [0, 0.05) is 6.42 Å². The molecule has 1 aliphatic rings. The predicted molar refractivity (Wildman–Crippen MR) is 65.9 cm³/mol. The number of imide groups is 1. The zero-order chi connectivity index (χ0) is 13.1. The summed E-state index contributed by atoms with van der Waals surface area (Å²) in [4.78, 5) is 22.5. The summed E-state index contributed by atoms with van der Waals surface area (Å²) in [5, 5.41) is 13.4. The molecule has 2 heterocycles. The third-order valence-corrected chi connectivity index (χ3v) is 2.84. The molecule has 1 aliphatic heterocycles. The molecule has 2 amide bonds. The molecule has 2 rings (SSSR count). The lowest BCUT2D eigenvalue weighted by Crippen LogP contribution is -2.47. The predicted octanol–water partition coefficient (Wildman–Crippen LogP) is 0.817. The standard InChI is InChI=1S/C12H16N4O2/c1-7(2)8-3-5-10(16-15-8)13-9-4-6-11(17)14-12(9)18/h3,5,7,9H,4,6H2,1-2H3,(H,13,16)(H,14,17,18). The van der Waals surface area contributed by atoms with Crippen molar-refractivity contribution in [3.05, 3.63) is 17.8 Å². The summed E-state index contributed by atoms with van der Waals surface area (Å²) >= 11 is 0. The van der Waals surface area contributed by atoms with Gasteiger partial charge in [-0.3, -0.25) is 14.9 Å². The smallest absolute Gasteiger partial charge is 0.249 e. The quantitative estimate of drug-likeness (QED) is 0.773. The minimum absolute atomic E-state index is 0.223. The van der Waals surface area contributed by atoms with Crippen molar-refractivity contribution in [3.8, 4) is 0 Å². The van der Waals surface area contributed by atoms with E-state index in [0.29, 0.717) is 24.6 Å². The van der Waals surface area contributed by atoms with Crippen LogP contribution in [0.4, 0.5) is 5.82 Å². The van der Waals surface area contributed by atoms with E-state index in [4.69, 9.17) is 0 Å². The van der Waals surface area contributed by atoms with Crippen LogP contribution in [-0.4, -0.2) is 28.1 Å². The van der Waals surface area contributed by atoms with E-state index in [9.17, 15) is 9.59 Å². The van der Waals surface area contributed by atoms with E-state index < -0.39 is 6.04 Å². The number of rotatable bonds is 3. The number of hydrogen-bond donors (Lipinski definition) is 2. The average molecular weight is 248 g/mol. The zero-order valence-electron chi connectivity index (χ0n) is 10.4. The van der Waals surface area contributed by atoms with Crippen LogP contribution in [0.15, 0.2) is 12.1 Å². The molecule has 1 atom stereocenters. The van der Waals surface area contributed by atoms with Gasteiger partial charge >= 0.3 is 0 Å². The fraction of sp³-hybridized carbons (Fsp3) is 0.500. The monoisotopic (exact) mass is 248 g/mol. The minimum Gasteiger partial charge on any atom is -0.357 e. The average Bonchev–Trinajstić information content (AvgIpc) is 2.33. The topological polar surface area (TPSA) is 84.0 Å². The molecule has 2 N–H and O–H groups in total. The van der Waals surface area contributed by atoms with E-state index in [1.165, 1.54) is 0 Å². The van der Waals surface area contributed by atoms with Crippen LogP contribution in [0.1, 0.15) is 38.3 Å². The van der Waals surface area contributed by atoms with Gasteiger partial charge in [0.1, 0.15) is 11.9 Å². The molecule has 0 radical (unpaired) electrons. The van der Waals surface area contributed by atoms with Gasteiger partial charge in [0.2, 0.25) is 11.8 Å². The Hall–Kier alpha value is -1.98. The molecule has 1 fully saturated rings. The lowest BCUT2D eigenvalue weighted by atomic mass is 10.1. The molecule has 1 saturated heterocycles. The fourth-order valence-corrected chi connectivity index (χ4v) is 1.74. The maximum absolute atomic E-state index is 11.5. The van der Waals surface area contributed by atoms with Gasteiger partial charge in [0.05, 0.1) is 5.69 Å². The summed E-state index contributed by atoms with van der Waals surface area (Å²) in [6, 6.07) is 3.26. The molecule has 18 heavy (non-hydrogen) atoms. The van der Waals surface area contributed by atoms with Crippen LogP contribution >= 0.6 is 0 Å².